The van der Waals surface area contributed by atoms with Gasteiger partial charge in [-0.3, -0.25) is 19.7 Å². The van der Waals surface area contributed by atoms with E-state index in [1.165, 1.54) is 37.8 Å². The van der Waals surface area contributed by atoms with Crippen LogP contribution in [0.4, 0.5) is 5.69 Å². The summed E-state index contributed by atoms with van der Waals surface area (Å²) >= 11 is 0. The first-order valence-electron chi connectivity index (χ1n) is 7.94. The maximum absolute atomic E-state index is 12.6. The molecule has 9 heteroatoms. The lowest BCUT2D eigenvalue weighted by atomic mass is 10.1. The second-order valence-electron chi connectivity index (χ2n) is 5.74. The van der Waals surface area contributed by atoms with E-state index in [-0.39, 0.29) is 28.8 Å². The van der Waals surface area contributed by atoms with Gasteiger partial charge in [-0.15, -0.1) is 0 Å². The highest BCUT2D eigenvalue weighted by atomic mass is 16.6. The normalized spacial score (nSPS) is 14.2. The minimum atomic E-state index is -0.586. The highest BCUT2D eigenvalue weighted by molar-refractivity contribution is 5.96. The Kier molecular flexibility index (Phi) is 4.87. The number of hydrogen-bond acceptors (Lipinski definition) is 6. The molecule has 1 aromatic carbocycles. The predicted octanol–water partition coefficient (Wildman–Crippen LogP) is 1.79. The van der Waals surface area contributed by atoms with Gasteiger partial charge in [0.2, 0.25) is 0 Å². The van der Waals surface area contributed by atoms with Crippen LogP contribution in [-0.4, -0.2) is 59.8 Å². The summed E-state index contributed by atoms with van der Waals surface area (Å²) in [6, 6.07) is 5.71. The van der Waals surface area contributed by atoms with Crippen molar-refractivity contribution >= 4 is 17.5 Å². The highest BCUT2D eigenvalue weighted by Gasteiger charge is 2.27. The van der Waals surface area contributed by atoms with Crippen molar-refractivity contribution in [3.63, 3.8) is 0 Å². The largest absolute Gasteiger partial charge is 0.490 e. The third-order valence-electron chi connectivity index (χ3n) is 4.24. The highest BCUT2D eigenvalue weighted by Crippen LogP contribution is 2.28. The summed E-state index contributed by atoms with van der Waals surface area (Å²) in [5.74, 6) is -0.362. The molecule has 2 amide bonds. The number of nitro groups is 1. The van der Waals surface area contributed by atoms with Crippen molar-refractivity contribution in [1.82, 2.24) is 9.80 Å². The van der Waals surface area contributed by atoms with Crippen LogP contribution in [-0.2, 0) is 0 Å². The van der Waals surface area contributed by atoms with Crippen molar-refractivity contribution < 1.29 is 23.7 Å². The Bertz CT molecular complexity index is 825. The monoisotopic (exact) mass is 359 g/mol. The van der Waals surface area contributed by atoms with Crippen molar-refractivity contribution in [1.29, 1.82) is 0 Å². The number of rotatable bonds is 4. The zero-order valence-corrected chi connectivity index (χ0v) is 14.1. The molecule has 2 heterocycles. The van der Waals surface area contributed by atoms with Crippen LogP contribution >= 0.6 is 0 Å². The van der Waals surface area contributed by atoms with E-state index >= 15 is 0 Å². The lowest BCUT2D eigenvalue weighted by Gasteiger charge is -2.34. The van der Waals surface area contributed by atoms with Crippen LogP contribution in [0.1, 0.15) is 20.7 Å². The first-order chi connectivity index (χ1) is 12.5. The summed E-state index contributed by atoms with van der Waals surface area (Å²) in [4.78, 5) is 38.6. The number of methoxy groups -OCH3 is 1. The van der Waals surface area contributed by atoms with E-state index in [0.29, 0.717) is 31.7 Å². The summed E-state index contributed by atoms with van der Waals surface area (Å²) in [6.45, 7) is 1.46. The minimum Gasteiger partial charge on any atom is -0.490 e. The molecule has 26 heavy (non-hydrogen) atoms. The lowest BCUT2D eigenvalue weighted by Crippen LogP contribution is -2.50. The van der Waals surface area contributed by atoms with Gasteiger partial charge >= 0.3 is 5.69 Å². The van der Waals surface area contributed by atoms with Gasteiger partial charge in [-0.2, -0.15) is 0 Å². The molecular formula is C17H17N3O6. The molecule has 3 rings (SSSR count). The first kappa shape index (κ1) is 17.5. The average molecular weight is 359 g/mol. The fraction of sp³-hybridized carbons (Fsp3) is 0.294. The molecule has 0 spiro atoms. The van der Waals surface area contributed by atoms with E-state index < -0.39 is 4.92 Å². The Hall–Kier alpha value is -3.36. The van der Waals surface area contributed by atoms with E-state index in [1.807, 2.05) is 0 Å². The molecule has 0 unspecified atom stereocenters. The number of furan rings is 1. The van der Waals surface area contributed by atoms with Crippen molar-refractivity contribution in [2.24, 2.45) is 0 Å². The van der Waals surface area contributed by atoms with Crippen LogP contribution < -0.4 is 4.74 Å². The molecule has 0 atom stereocenters. The first-order valence-corrected chi connectivity index (χ1v) is 7.94. The standard InChI is InChI=1S/C17H17N3O6/c1-25-15-3-2-12(10-14(15)20(23)24)16(21)18-5-7-19(8-6-18)17(22)13-4-9-26-11-13/h2-4,9-11H,5-8H2,1H3. The second kappa shape index (κ2) is 7.26. The molecule has 1 saturated heterocycles. The van der Waals surface area contributed by atoms with Crippen LogP contribution in [0, 0.1) is 10.1 Å². The molecule has 0 aliphatic carbocycles. The Labute approximate surface area is 148 Å². The smallest absolute Gasteiger partial charge is 0.311 e. The molecule has 0 saturated carbocycles. The number of nitrogens with zero attached hydrogens (tertiary/aromatic N) is 3. The van der Waals surface area contributed by atoms with Crippen molar-refractivity contribution in [3.8, 4) is 5.75 Å². The zero-order chi connectivity index (χ0) is 18.7. The Morgan fingerprint density at radius 3 is 2.19 bits per heavy atom. The van der Waals surface area contributed by atoms with Crippen LogP contribution in [0.15, 0.2) is 41.2 Å². The summed E-state index contributed by atoms with van der Waals surface area (Å²) in [7, 11) is 1.33. The molecule has 136 valence electrons. The van der Waals surface area contributed by atoms with Crippen molar-refractivity contribution in [3.05, 3.63) is 58.0 Å². The van der Waals surface area contributed by atoms with Gasteiger partial charge in [-0.05, 0) is 18.2 Å². The average Bonchev–Trinajstić information content (AvgIpc) is 3.21. The number of amides is 2. The number of nitro benzene ring substituents is 1. The topological polar surface area (TPSA) is 106 Å². The van der Waals surface area contributed by atoms with E-state index in [0.717, 1.165) is 0 Å². The van der Waals surface area contributed by atoms with Gasteiger partial charge in [0, 0.05) is 37.8 Å². The third-order valence-corrected chi connectivity index (χ3v) is 4.24. The molecule has 1 aliphatic heterocycles. The minimum absolute atomic E-state index is 0.0991. The number of piperazine rings is 1. The van der Waals surface area contributed by atoms with Crippen LogP contribution in [0.2, 0.25) is 0 Å². The summed E-state index contributed by atoms with van der Waals surface area (Å²) in [5, 5.41) is 11.1. The molecule has 1 aromatic heterocycles. The Morgan fingerprint density at radius 1 is 1.08 bits per heavy atom. The van der Waals surface area contributed by atoms with E-state index in [9.17, 15) is 19.7 Å². The fourth-order valence-electron chi connectivity index (χ4n) is 2.83. The van der Waals surface area contributed by atoms with Gasteiger partial charge in [0.25, 0.3) is 11.8 Å². The molecule has 1 aliphatic rings. The summed E-state index contributed by atoms with van der Waals surface area (Å²) in [6.07, 6.45) is 2.82. The molecule has 0 radical (unpaired) electrons. The van der Waals surface area contributed by atoms with E-state index in [1.54, 1.807) is 15.9 Å². The molecule has 0 bridgehead atoms. The number of ether oxygens (including phenoxy) is 1. The molecule has 9 nitrogen and oxygen atoms in total. The van der Waals surface area contributed by atoms with Gasteiger partial charge in [-0.1, -0.05) is 0 Å². The maximum atomic E-state index is 12.6. The Morgan fingerprint density at radius 2 is 1.69 bits per heavy atom. The second-order valence-corrected chi connectivity index (χ2v) is 5.74. The number of carbonyl (C=O) groups excluding carboxylic acids is 2. The quantitative estimate of drug-likeness (QED) is 0.609. The van der Waals surface area contributed by atoms with Gasteiger partial charge in [0.15, 0.2) is 5.75 Å². The van der Waals surface area contributed by atoms with Crippen molar-refractivity contribution in [2.45, 2.75) is 0 Å². The summed E-state index contributed by atoms with van der Waals surface area (Å²) < 4.78 is 9.86. The lowest BCUT2D eigenvalue weighted by molar-refractivity contribution is -0.385. The number of benzene rings is 1. The maximum Gasteiger partial charge on any atom is 0.311 e. The van der Waals surface area contributed by atoms with E-state index in [4.69, 9.17) is 9.15 Å². The fourth-order valence-corrected chi connectivity index (χ4v) is 2.83. The predicted molar refractivity (Wildman–Crippen MR) is 90.2 cm³/mol. The zero-order valence-electron chi connectivity index (χ0n) is 14.1. The van der Waals surface area contributed by atoms with Gasteiger partial charge in [0.05, 0.1) is 23.9 Å². The number of hydrogen-bond donors (Lipinski definition) is 0. The van der Waals surface area contributed by atoms with E-state index in [2.05, 4.69) is 0 Å². The summed E-state index contributed by atoms with van der Waals surface area (Å²) in [5.41, 5.74) is 0.426. The third kappa shape index (κ3) is 3.37. The van der Waals surface area contributed by atoms with Crippen LogP contribution in [0.5, 0.6) is 5.75 Å². The Balaban J connectivity index is 1.68. The van der Waals surface area contributed by atoms with Gasteiger partial charge in [-0.25, -0.2) is 0 Å². The molecular weight excluding hydrogens is 342 g/mol. The molecule has 1 fully saturated rings. The van der Waals surface area contributed by atoms with Crippen molar-refractivity contribution in [2.75, 3.05) is 33.3 Å². The van der Waals surface area contributed by atoms with Gasteiger partial charge in [0.1, 0.15) is 6.26 Å². The SMILES string of the molecule is COc1ccc(C(=O)N2CCN(C(=O)c3ccoc3)CC2)cc1[N+](=O)[O-]. The van der Waals surface area contributed by atoms with Gasteiger partial charge < -0.3 is 19.0 Å². The molecule has 2 aromatic rings. The molecule has 0 N–H and O–H groups in total. The van der Waals surface area contributed by atoms with Crippen LogP contribution in [0.25, 0.3) is 0 Å². The van der Waals surface area contributed by atoms with Crippen LogP contribution in [0.3, 0.4) is 0 Å². The number of carbonyl (C=O) groups is 2.